The second-order valence-corrected chi connectivity index (χ2v) is 5.07. The highest BCUT2D eigenvalue weighted by Gasteiger charge is 2.28. The number of nitrogens with zero attached hydrogens (tertiary/aromatic N) is 1. The monoisotopic (exact) mass is 369 g/mol. The van der Waals surface area contributed by atoms with Crippen LogP contribution in [0.5, 0.6) is 0 Å². The minimum Gasteiger partial charge on any atom is -0.380 e. The van der Waals surface area contributed by atoms with Gasteiger partial charge in [0.15, 0.2) is 5.96 Å². The van der Waals surface area contributed by atoms with Crippen LogP contribution in [-0.4, -0.2) is 39.3 Å². The maximum Gasteiger partial charge on any atom is 0.191 e. The maximum absolute atomic E-state index is 5.28. The number of guanidine groups is 1. The molecule has 1 aliphatic rings. The predicted octanol–water partition coefficient (Wildman–Crippen LogP) is 2.39. The van der Waals surface area contributed by atoms with Crippen LogP contribution in [0.2, 0.25) is 0 Å². The van der Waals surface area contributed by atoms with Crippen LogP contribution >= 0.6 is 24.0 Å². The Labute approximate surface area is 128 Å². The van der Waals surface area contributed by atoms with Crippen LogP contribution in [0.15, 0.2) is 4.99 Å². The standard InChI is InChI=1S/C13H27N3O.HI/c1-4-17-10-9-15-12(14-3)16-11-13(2)7-5-6-8-13;/h4-11H2,1-3H3,(H2,14,15,16);1H. The minimum absolute atomic E-state index is 0. The molecule has 0 atom stereocenters. The molecule has 1 rings (SSSR count). The minimum atomic E-state index is 0. The van der Waals surface area contributed by atoms with Crippen molar-refractivity contribution < 1.29 is 4.74 Å². The normalized spacial score (nSPS) is 18.3. The summed E-state index contributed by atoms with van der Waals surface area (Å²) in [5.74, 6) is 0.887. The van der Waals surface area contributed by atoms with Gasteiger partial charge in [-0.3, -0.25) is 4.99 Å². The Bertz CT molecular complexity index is 240. The van der Waals surface area contributed by atoms with Crippen molar-refractivity contribution in [1.82, 2.24) is 10.6 Å². The highest BCUT2D eigenvalue weighted by molar-refractivity contribution is 14.0. The number of hydrogen-bond donors (Lipinski definition) is 2. The van der Waals surface area contributed by atoms with E-state index in [0.717, 1.165) is 32.3 Å². The van der Waals surface area contributed by atoms with Gasteiger partial charge in [0.1, 0.15) is 0 Å². The zero-order chi connectivity index (χ0) is 12.6. The largest absolute Gasteiger partial charge is 0.380 e. The van der Waals surface area contributed by atoms with Crippen molar-refractivity contribution in [3.8, 4) is 0 Å². The van der Waals surface area contributed by atoms with Gasteiger partial charge in [0.2, 0.25) is 0 Å². The van der Waals surface area contributed by atoms with Gasteiger partial charge in [-0.2, -0.15) is 0 Å². The fourth-order valence-electron chi connectivity index (χ4n) is 2.31. The average molecular weight is 369 g/mol. The zero-order valence-corrected chi connectivity index (χ0v) is 14.3. The van der Waals surface area contributed by atoms with Crippen molar-refractivity contribution >= 4 is 29.9 Å². The summed E-state index contributed by atoms with van der Waals surface area (Å²) in [6.07, 6.45) is 5.40. The lowest BCUT2D eigenvalue weighted by atomic mass is 9.89. The fourth-order valence-corrected chi connectivity index (χ4v) is 2.31. The summed E-state index contributed by atoms with van der Waals surface area (Å²) in [5.41, 5.74) is 0.456. The lowest BCUT2D eigenvalue weighted by Crippen LogP contribution is -2.43. The molecule has 0 aliphatic heterocycles. The molecule has 0 aromatic heterocycles. The summed E-state index contributed by atoms with van der Waals surface area (Å²) in [7, 11) is 1.81. The Morgan fingerprint density at radius 1 is 1.28 bits per heavy atom. The molecule has 1 fully saturated rings. The van der Waals surface area contributed by atoms with Gasteiger partial charge in [0.05, 0.1) is 6.61 Å². The summed E-state index contributed by atoms with van der Waals surface area (Å²) in [6.45, 7) is 7.69. The molecule has 0 amide bonds. The van der Waals surface area contributed by atoms with E-state index in [0.29, 0.717) is 5.41 Å². The first-order valence-electron chi connectivity index (χ1n) is 6.72. The molecule has 0 saturated heterocycles. The number of hydrogen-bond acceptors (Lipinski definition) is 2. The highest BCUT2D eigenvalue weighted by Crippen LogP contribution is 2.36. The Morgan fingerprint density at radius 2 is 1.94 bits per heavy atom. The molecule has 0 radical (unpaired) electrons. The van der Waals surface area contributed by atoms with E-state index in [4.69, 9.17) is 4.74 Å². The predicted molar refractivity (Wildman–Crippen MR) is 87.8 cm³/mol. The Kier molecular flexibility index (Phi) is 9.81. The number of aliphatic imine (C=N–C) groups is 1. The number of ether oxygens (including phenoxy) is 1. The van der Waals surface area contributed by atoms with E-state index in [-0.39, 0.29) is 24.0 Å². The molecule has 0 aromatic carbocycles. The number of rotatable bonds is 6. The number of halogens is 1. The van der Waals surface area contributed by atoms with Crippen LogP contribution in [0.3, 0.4) is 0 Å². The molecular formula is C13H28IN3O. The molecule has 0 heterocycles. The van der Waals surface area contributed by atoms with E-state index >= 15 is 0 Å². The lowest BCUT2D eigenvalue weighted by molar-refractivity contribution is 0.152. The van der Waals surface area contributed by atoms with Crippen molar-refractivity contribution in [2.45, 2.75) is 39.5 Å². The second kappa shape index (κ2) is 9.83. The van der Waals surface area contributed by atoms with Gasteiger partial charge in [0, 0.05) is 26.7 Å². The molecule has 0 aromatic rings. The van der Waals surface area contributed by atoms with Gasteiger partial charge < -0.3 is 15.4 Å². The molecule has 0 unspecified atom stereocenters. The van der Waals surface area contributed by atoms with E-state index in [9.17, 15) is 0 Å². The zero-order valence-electron chi connectivity index (χ0n) is 11.9. The summed E-state index contributed by atoms with van der Waals surface area (Å²) < 4.78 is 5.28. The van der Waals surface area contributed by atoms with Crippen LogP contribution in [0, 0.1) is 5.41 Å². The molecule has 18 heavy (non-hydrogen) atoms. The van der Waals surface area contributed by atoms with E-state index in [1.54, 1.807) is 0 Å². The quantitative estimate of drug-likeness (QED) is 0.327. The second-order valence-electron chi connectivity index (χ2n) is 5.07. The summed E-state index contributed by atoms with van der Waals surface area (Å²) in [5, 5.41) is 6.67. The average Bonchev–Trinajstić information content (AvgIpc) is 2.76. The van der Waals surface area contributed by atoms with Gasteiger partial charge >= 0.3 is 0 Å². The van der Waals surface area contributed by atoms with Crippen LogP contribution in [0.4, 0.5) is 0 Å². The Hall–Kier alpha value is -0.0400. The van der Waals surface area contributed by atoms with E-state index in [1.807, 2.05) is 14.0 Å². The smallest absolute Gasteiger partial charge is 0.191 e. The molecule has 4 nitrogen and oxygen atoms in total. The Morgan fingerprint density at radius 3 is 2.50 bits per heavy atom. The first kappa shape index (κ1) is 18.0. The molecular weight excluding hydrogens is 341 g/mol. The molecule has 5 heteroatoms. The summed E-state index contributed by atoms with van der Waals surface area (Å²) in [4.78, 5) is 4.22. The first-order valence-corrected chi connectivity index (χ1v) is 6.72. The van der Waals surface area contributed by atoms with E-state index < -0.39 is 0 Å². The highest BCUT2D eigenvalue weighted by atomic mass is 127. The molecule has 2 N–H and O–H groups in total. The summed E-state index contributed by atoms with van der Waals surface area (Å²) >= 11 is 0. The third-order valence-corrected chi connectivity index (χ3v) is 3.46. The van der Waals surface area contributed by atoms with Crippen molar-refractivity contribution in [1.29, 1.82) is 0 Å². The molecule has 1 saturated carbocycles. The lowest BCUT2D eigenvalue weighted by Gasteiger charge is -2.25. The van der Waals surface area contributed by atoms with Crippen LogP contribution < -0.4 is 10.6 Å². The topological polar surface area (TPSA) is 45.6 Å². The molecule has 108 valence electrons. The van der Waals surface area contributed by atoms with Crippen molar-refractivity contribution in [2.24, 2.45) is 10.4 Å². The van der Waals surface area contributed by atoms with E-state index in [2.05, 4.69) is 22.5 Å². The van der Waals surface area contributed by atoms with E-state index in [1.165, 1.54) is 25.7 Å². The van der Waals surface area contributed by atoms with Crippen LogP contribution in [-0.2, 0) is 4.74 Å². The van der Waals surface area contributed by atoms with Crippen molar-refractivity contribution in [3.63, 3.8) is 0 Å². The third kappa shape index (κ3) is 6.78. The molecule has 0 spiro atoms. The number of nitrogens with one attached hydrogen (secondary N) is 2. The van der Waals surface area contributed by atoms with Gasteiger partial charge in [0.25, 0.3) is 0 Å². The van der Waals surface area contributed by atoms with Crippen LogP contribution in [0.25, 0.3) is 0 Å². The van der Waals surface area contributed by atoms with Gasteiger partial charge in [-0.25, -0.2) is 0 Å². The van der Waals surface area contributed by atoms with Gasteiger partial charge in [-0.15, -0.1) is 24.0 Å². The fraction of sp³-hybridized carbons (Fsp3) is 0.923. The molecule has 0 bridgehead atoms. The SMILES string of the molecule is CCOCCNC(=NC)NCC1(C)CCCC1.I. The van der Waals surface area contributed by atoms with Gasteiger partial charge in [-0.05, 0) is 25.2 Å². The third-order valence-electron chi connectivity index (χ3n) is 3.46. The van der Waals surface area contributed by atoms with Gasteiger partial charge in [-0.1, -0.05) is 19.8 Å². The van der Waals surface area contributed by atoms with Crippen LogP contribution in [0.1, 0.15) is 39.5 Å². The maximum atomic E-state index is 5.28. The molecule has 1 aliphatic carbocycles. The van der Waals surface area contributed by atoms with Crippen molar-refractivity contribution in [3.05, 3.63) is 0 Å². The van der Waals surface area contributed by atoms with Crippen molar-refractivity contribution in [2.75, 3.05) is 33.4 Å². The Balaban J connectivity index is 0.00000289. The first-order chi connectivity index (χ1) is 8.20. The summed E-state index contributed by atoms with van der Waals surface area (Å²) in [6, 6.07) is 0.